The van der Waals surface area contributed by atoms with Gasteiger partial charge in [0.15, 0.2) is 0 Å². The Labute approximate surface area is 94.2 Å². The average Bonchev–Trinajstić information content (AvgIpc) is 2.15. The van der Waals surface area contributed by atoms with Crippen molar-refractivity contribution in [1.29, 1.82) is 0 Å². The summed E-state index contributed by atoms with van der Waals surface area (Å²) in [6.45, 7) is 0. The van der Waals surface area contributed by atoms with Crippen LogP contribution in [0.2, 0.25) is 0 Å². The third-order valence-electron chi connectivity index (χ3n) is 2.50. The van der Waals surface area contributed by atoms with Crippen LogP contribution < -0.4 is 4.72 Å². The molecule has 0 aromatic heterocycles. The van der Waals surface area contributed by atoms with Crippen molar-refractivity contribution in [2.45, 2.75) is 37.0 Å². The molecule has 16 heavy (non-hydrogen) atoms. The molecule has 96 valence electrons. The Morgan fingerprint density at radius 2 is 1.88 bits per heavy atom. The minimum atomic E-state index is -4.21. The third kappa shape index (κ3) is 3.96. The molecule has 1 fully saturated rings. The largest absolute Gasteiger partial charge is 0.300 e. The highest BCUT2D eigenvalue weighted by molar-refractivity contribution is 7.88. The molecule has 9 heteroatoms. The quantitative estimate of drug-likeness (QED) is 0.784. The number of halogens is 1. The van der Waals surface area contributed by atoms with Gasteiger partial charge in [0.2, 0.25) is 10.0 Å². The summed E-state index contributed by atoms with van der Waals surface area (Å²) in [4.78, 5) is 0. The van der Waals surface area contributed by atoms with Crippen molar-refractivity contribution < 1.29 is 25.7 Å². The van der Waals surface area contributed by atoms with Crippen LogP contribution in [0.15, 0.2) is 0 Å². The molecule has 0 spiro atoms. The molecule has 2 atom stereocenters. The Morgan fingerprint density at radius 1 is 1.25 bits per heavy atom. The molecule has 0 aromatic carbocycles. The zero-order chi connectivity index (χ0) is 12.4. The van der Waals surface area contributed by atoms with Gasteiger partial charge in [-0.2, -0.15) is 8.42 Å². The van der Waals surface area contributed by atoms with Gasteiger partial charge in [-0.05, 0) is 23.8 Å². The van der Waals surface area contributed by atoms with Gasteiger partial charge in [-0.15, -0.1) is 0 Å². The molecule has 1 aliphatic carbocycles. The Kier molecular flexibility index (Phi) is 4.27. The minimum absolute atomic E-state index is 0.0410. The Bertz CT molecular complexity index is 432. The van der Waals surface area contributed by atoms with Crippen molar-refractivity contribution in [3.05, 3.63) is 0 Å². The molecule has 1 saturated carbocycles. The van der Waals surface area contributed by atoms with Crippen LogP contribution in [0.5, 0.6) is 0 Å². The first-order valence-corrected chi connectivity index (χ1v) is 8.12. The van der Waals surface area contributed by atoms with Crippen molar-refractivity contribution in [1.82, 2.24) is 4.72 Å². The summed E-state index contributed by atoms with van der Waals surface area (Å²) in [5.41, 5.74) is 0. The molecule has 1 N–H and O–H groups in total. The number of hydrogen-bond donors (Lipinski definition) is 1. The SMILES string of the molecule is CS(=O)(=O)NC1CCCC(S(=O)(=O)OF)C1. The van der Waals surface area contributed by atoms with Crippen LogP contribution in [0.4, 0.5) is 4.53 Å². The van der Waals surface area contributed by atoms with Crippen molar-refractivity contribution in [3.63, 3.8) is 0 Å². The maximum Gasteiger partial charge on any atom is 0.300 e. The number of nitrogens with one attached hydrogen (secondary N) is 1. The van der Waals surface area contributed by atoms with Crippen LogP contribution in [0, 0.1) is 0 Å². The molecule has 1 aliphatic rings. The summed E-state index contributed by atoms with van der Waals surface area (Å²) in [7, 11) is -7.59. The summed E-state index contributed by atoms with van der Waals surface area (Å²) < 4.78 is 61.2. The second-order valence-corrected chi connectivity index (χ2v) is 7.49. The number of hydrogen-bond acceptors (Lipinski definition) is 5. The van der Waals surface area contributed by atoms with Gasteiger partial charge < -0.3 is 0 Å². The maximum absolute atomic E-state index is 11.8. The lowest BCUT2D eigenvalue weighted by molar-refractivity contribution is 0.000175. The molecule has 0 amide bonds. The monoisotopic (exact) mass is 275 g/mol. The van der Waals surface area contributed by atoms with Gasteiger partial charge in [-0.25, -0.2) is 13.1 Å². The molecular weight excluding hydrogens is 261 g/mol. The van der Waals surface area contributed by atoms with Crippen molar-refractivity contribution >= 4 is 20.1 Å². The summed E-state index contributed by atoms with van der Waals surface area (Å²) in [5, 5.41) is -0.981. The van der Waals surface area contributed by atoms with E-state index in [1.165, 1.54) is 0 Å². The molecule has 0 saturated heterocycles. The summed E-state index contributed by atoms with van der Waals surface area (Å²) in [5.74, 6) is 0. The highest BCUT2D eigenvalue weighted by Gasteiger charge is 2.34. The maximum atomic E-state index is 11.8. The van der Waals surface area contributed by atoms with E-state index in [1.807, 2.05) is 0 Å². The molecule has 0 bridgehead atoms. The van der Waals surface area contributed by atoms with Crippen LogP contribution >= 0.6 is 0 Å². The predicted molar refractivity (Wildman–Crippen MR) is 55.1 cm³/mol. The molecule has 0 heterocycles. The van der Waals surface area contributed by atoms with Gasteiger partial charge in [0.05, 0.1) is 11.5 Å². The van der Waals surface area contributed by atoms with Gasteiger partial charge in [0, 0.05) is 6.04 Å². The van der Waals surface area contributed by atoms with E-state index in [-0.39, 0.29) is 12.8 Å². The Hall–Kier alpha value is -0.250. The van der Waals surface area contributed by atoms with Gasteiger partial charge >= 0.3 is 10.1 Å². The highest BCUT2D eigenvalue weighted by Crippen LogP contribution is 2.25. The Morgan fingerprint density at radius 3 is 2.38 bits per heavy atom. The normalized spacial score (nSPS) is 27.9. The van der Waals surface area contributed by atoms with Gasteiger partial charge in [0.1, 0.15) is 0 Å². The zero-order valence-electron chi connectivity index (χ0n) is 8.72. The lowest BCUT2D eigenvalue weighted by atomic mass is 9.96. The molecule has 6 nitrogen and oxygen atoms in total. The van der Waals surface area contributed by atoms with E-state index in [2.05, 4.69) is 9.11 Å². The lowest BCUT2D eigenvalue weighted by Crippen LogP contribution is -2.41. The van der Waals surface area contributed by atoms with Gasteiger partial charge in [0.25, 0.3) is 0 Å². The number of rotatable bonds is 4. The zero-order valence-corrected chi connectivity index (χ0v) is 10.4. The molecule has 2 unspecified atom stereocenters. The standard InChI is InChI=1S/C7H14FNO5S2/c1-15(10,11)9-6-3-2-4-7(5-6)16(12,13)14-8/h6-7,9H,2-5H2,1H3. The first kappa shape index (κ1) is 13.8. The van der Waals surface area contributed by atoms with E-state index in [4.69, 9.17) is 0 Å². The van der Waals surface area contributed by atoms with Crippen LogP contribution in [0.25, 0.3) is 0 Å². The topological polar surface area (TPSA) is 89.5 Å². The molecular formula is C7H14FNO5S2. The lowest BCUT2D eigenvalue weighted by Gasteiger charge is -2.27. The van der Waals surface area contributed by atoms with Crippen LogP contribution in [-0.4, -0.2) is 34.4 Å². The van der Waals surface area contributed by atoms with E-state index in [0.717, 1.165) is 6.26 Å². The molecule has 0 radical (unpaired) electrons. The van der Waals surface area contributed by atoms with E-state index >= 15 is 0 Å². The average molecular weight is 275 g/mol. The minimum Gasteiger partial charge on any atom is -0.213 e. The fourth-order valence-electron chi connectivity index (χ4n) is 1.87. The van der Waals surface area contributed by atoms with E-state index < -0.39 is 31.4 Å². The second kappa shape index (κ2) is 4.94. The Balaban J connectivity index is 2.68. The molecule has 0 aromatic rings. The van der Waals surface area contributed by atoms with Gasteiger partial charge in [-0.3, -0.25) is 0 Å². The van der Waals surface area contributed by atoms with E-state index in [9.17, 15) is 21.4 Å². The third-order valence-corrected chi connectivity index (χ3v) is 4.68. The van der Waals surface area contributed by atoms with Crippen molar-refractivity contribution in [3.8, 4) is 0 Å². The fraction of sp³-hybridized carbons (Fsp3) is 1.00. The summed E-state index contributed by atoms with van der Waals surface area (Å²) in [6, 6.07) is -0.473. The van der Waals surface area contributed by atoms with Crippen LogP contribution in [0.1, 0.15) is 25.7 Å². The van der Waals surface area contributed by atoms with E-state index in [1.54, 1.807) is 0 Å². The second-order valence-electron chi connectivity index (χ2n) is 3.93. The number of sulfonamides is 1. The predicted octanol–water partition coefficient (Wildman–Crippen LogP) is 0.0777. The van der Waals surface area contributed by atoms with Crippen molar-refractivity contribution in [2.75, 3.05) is 6.26 Å². The van der Waals surface area contributed by atoms with Crippen LogP contribution in [-0.2, 0) is 24.5 Å². The fourth-order valence-corrected chi connectivity index (χ4v) is 3.71. The highest BCUT2D eigenvalue weighted by atomic mass is 32.2. The first-order chi connectivity index (χ1) is 7.24. The molecule has 1 rings (SSSR count). The first-order valence-electron chi connectivity index (χ1n) is 4.76. The van der Waals surface area contributed by atoms with Crippen molar-refractivity contribution in [2.24, 2.45) is 0 Å². The summed E-state index contributed by atoms with van der Waals surface area (Å²) in [6.07, 6.45) is 2.39. The molecule has 0 aliphatic heterocycles. The summed E-state index contributed by atoms with van der Waals surface area (Å²) >= 11 is 0. The van der Waals surface area contributed by atoms with Gasteiger partial charge in [-0.1, -0.05) is 10.8 Å². The van der Waals surface area contributed by atoms with E-state index in [0.29, 0.717) is 12.8 Å². The van der Waals surface area contributed by atoms with Crippen LogP contribution in [0.3, 0.4) is 0 Å². The smallest absolute Gasteiger partial charge is 0.213 e.